The minimum absolute atomic E-state index is 0.395. The van der Waals surface area contributed by atoms with Crippen LogP contribution in [-0.2, 0) is 0 Å². The first-order valence-corrected chi connectivity index (χ1v) is 7.89. The molecule has 0 aliphatic carbocycles. The number of nitriles is 1. The lowest BCUT2D eigenvalue weighted by molar-refractivity contribution is 0.262. The lowest BCUT2D eigenvalue weighted by Gasteiger charge is -2.05. The SMILES string of the molecule is N#Cc1cccc(NC(=O)Nc2nc3ccc(Br)cc3s2)c1. The summed E-state index contributed by atoms with van der Waals surface area (Å²) in [6.07, 6.45) is 0. The first-order chi connectivity index (χ1) is 10.6. The topological polar surface area (TPSA) is 77.8 Å². The number of fused-ring (bicyclic) bond motifs is 1. The number of amides is 2. The molecule has 22 heavy (non-hydrogen) atoms. The summed E-state index contributed by atoms with van der Waals surface area (Å²) in [5.41, 5.74) is 1.87. The molecule has 0 bridgehead atoms. The summed E-state index contributed by atoms with van der Waals surface area (Å²) in [5, 5.41) is 14.7. The van der Waals surface area contributed by atoms with Crippen LogP contribution >= 0.6 is 27.3 Å². The number of rotatable bonds is 2. The summed E-state index contributed by atoms with van der Waals surface area (Å²) in [7, 11) is 0. The van der Waals surface area contributed by atoms with E-state index in [9.17, 15) is 4.79 Å². The van der Waals surface area contributed by atoms with E-state index >= 15 is 0 Å². The molecular formula is C15H9BrN4OS. The van der Waals surface area contributed by atoms with Crippen molar-refractivity contribution in [2.75, 3.05) is 10.6 Å². The Bertz CT molecular complexity index is 900. The molecule has 0 saturated carbocycles. The van der Waals surface area contributed by atoms with E-state index < -0.39 is 6.03 Å². The van der Waals surface area contributed by atoms with Gasteiger partial charge in [-0.15, -0.1) is 0 Å². The van der Waals surface area contributed by atoms with Gasteiger partial charge in [-0.1, -0.05) is 33.3 Å². The highest BCUT2D eigenvalue weighted by atomic mass is 79.9. The normalized spacial score (nSPS) is 10.2. The fourth-order valence-electron chi connectivity index (χ4n) is 1.88. The molecule has 2 amide bonds. The molecule has 0 unspecified atom stereocenters. The summed E-state index contributed by atoms with van der Waals surface area (Å²) >= 11 is 4.80. The van der Waals surface area contributed by atoms with Crippen LogP contribution in [0.15, 0.2) is 46.9 Å². The summed E-state index contributed by atoms with van der Waals surface area (Å²) in [5.74, 6) is 0. The third kappa shape index (κ3) is 3.24. The van der Waals surface area contributed by atoms with Gasteiger partial charge in [0.2, 0.25) is 0 Å². The van der Waals surface area contributed by atoms with E-state index in [1.165, 1.54) is 11.3 Å². The van der Waals surface area contributed by atoms with Gasteiger partial charge in [-0.3, -0.25) is 5.32 Å². The summed E-state index contributed by atoms with van der Waals surface area (Å²) in [4.78, 5) is 16.3. The number of halogens is 1. The zero-order valence-electron chi connectivity index (χ0n) is 11.1. The van der Waals surface area contributed by atoms with E-state index in [1.54, 1.807) is 24.3 Å². The second-order valence-electron chi connectivity index (χ2n) is 4.40. The molecular weight excluding hydrogens is 364 g/mol. The molecule has 0 saturated heterocycles. The molecule has 2 N–H and O–H groups in total. The third-order valence-corrected chi connectivity index (χ3v) is 4.25. The van der Waals surface area contributed by atoms with Crippen LogP contribution in [0, 0.1) is 11.3 Å². The largest absolute Gasteiger partial charge is 0.325 e. The van der Waals surface area contributed by atoms with Crippen LogP contribution in [0.1, 0.15) is 5.56 Å². The molecule has 0 aliphatic rings. The van der Waals surface area contributed by atoms with E-state index in [4.69, 9.17) is 5.26 Å². The van der Waals surface area contributed by atoms with Gasteiger partial charge in [0.1, 0.15) is 0 Å². The van der Waals surface area contributed by atoms with Crippen molar-refractivity contribution in [1.29, 1.82) is 5.26 Å². The van der Waals surface area contributed by atoms with Crippen LogP contribution in [0.5, 0.6) is 0 Å². The predicted molar refractivity (Wildman–Crippen MR) is 91.1 cm³/mol. The number of aromatic nitrogens is 1. The zero-order valence-corrected chi connectivity index (χ0v) is 13.5. The maximum atomic E-state index is 12.0. The molecule has 7 heteroatoms. The lowest BCUT2D eigenvalue weighted by Crippen LogP contribution is -2.19. The first kappa shape index (κ1) is 14.5. The Hall–Kier alpha value is -2.43. The Morgan fingerprint density at radius 1 is 1.23 bits per heavy atom. The van der Waals surface area contributed by atoms with Crippen molar-refractivity contribution in [3.63, 3.8) is 0 Å². The Balaban J connectivity index is 1.74. The van der Waals surface area contributed by atoms with E-state index in [0.29, 0.717) is 16.4 Å². The second kappa shape index (κ2) is 6.13. The monoisotopic (exact) mass is 372 g/mol. The number of hydrogen-bond acceptors (Lipinski definition) is 4. The van der Waals surface area contributed by atoms with Crippen molar-refractivity contribution < 1.29 is 4.79 Å². The van der Waals surface area contributed by atoms with Gasteiger partial charge in [-0.05, 0) is 36.4 Å². The van der Waals surface area contributed by atoms with Crippen LogP contribution in [0.3, 0.4) is 0 Å². The van der Waals surface area contributed by atoms with Gasteiger partial charge < -0.3 is 5.32 Å². The molecule has 1 heterocycles. The van der Waals surface area contributed by atoms with Gasteiger partial charge in [0.05, 0.1) is 21.8 Å². The quantitative estimate of drug-likeness (QED) is 0.691. The number of carbonyl (C=O) groups is 1. The Morgan fingerprint density at radius 3 is 2.91 bits per heavy atom. The predicted octanol–water partition coefficient (Wildman–Crippen LogP) is 4.57. The van der Waals surface area contributed by atoms with E-state index in [-0.39, 0.29) is 0 Å². The second-order valence-corrected chi connectivity index (χ2v) is 6.35. The molecule has 0 atom stereocenters. The number of nitrogens with one attached hydrogen (secondary N) is 2. The van der Waals surface area contributed by atoms with E-state index in [0.717, 1.165) is 14.7 Å². The molecule has 0 radical (unpaired) electrons. The minimum Gasteiger partial charge on any atom is -0.308 e. The van der Waals surface area contributed by atoms with Gasteiger partial charge in [-0.25, -0.2) is 9.78 Å². The number of anilines is 2. The van der Waals surface area contributed by atoms with Gasteiger partial charge >= 0.3 is 6.03 Å². The molecule has 108 valence electrons. The number of thiazole rings is 1. The molecule has 1 aromatic heterocycles. The van der Waals surface area contributed by atoms with Crippen molar-refractivity contribution in [3.8, 4) is 6.07 Å². The first-order valence-electron chi connectivity index (χ1n) is 6.28. The average Bonchev–Trinajstić information content (AvgIpc) is 2.88. The zero-order chi connectivity index (χ0) is 15.5. The molecule has 3 aromatic rings. The third-order valence-electron chi connectivity index (χ3n) is 2.82. The minimum atomic E-state index is -0.395. The van der Waals surface area contributed by atoms with Crippen LogP contribution in [0.25, 0.3) is 10.2 Å². The molecule has 0 fully saturated rings. The fraction of sp³-hybridized carbons (Fsp3) is 0. The average molecular weight is 373 g/mol. The Labute approximate surface area is 138 Å². The maximum Gasteiger partial charge on any atom is 0.325 e. The fourth-order valence-corrected chi connectivity index (χ4v) is 3.29. The Kier molecular flexibility index (Phi) is 4.04. The summed E-state index contributed by atoms with van der Waals surface area (Å²) in [6.45, 7) is 0. The van der Waals surface area contributed by atoms with Gasteiger partial charge in [0, 0.05) is 10.2 Å². The van der Waals surface area contributed by atoms with Crippen molar-refractivity contribution in [1.82, 2.24) is 4.98 Å². The van der Waals surface area contributed by atoms with Crippen LogP contribution in [0.4, 0.5) is 15.6 Å². The summed E-state index contributed by atoms with van der Waals surface area (Å²) < 4.78 is 1.95. The molecule has 3 rings (SSSR count). The Morgan fingerprint density at radius 2 is 2.09 bits per heavy atom. The summed E-state index contributed by atoms with van der Waals surface area (Å²) in [6, 6.07) is 14.1. The van der Waals surface area contributed by atoms with E-state index in [1.807, 2.05) is 24.3 Å². The lowest BCUT2D eigenvalue weighted by atomic mass is 10.2. The number of hydrogen-bond donors (Lipinski definition) is 2. The highest BCUT2D eigenvalue weighted by Gasteiger charge is 2.08. The molecule has 5 nitrogen and oxygen atoms in total. The highest BCUT2D eigenvalue weighted by Crippen LogP contribution is 2.28. The van der Waals surface area contributed by atoms with Crippen LogP contribution < -0.4 is 10.6 Å². The smallest absolute Gasteiger partial charge is 0.308 e. The van der Waals surface area contributed by atoms with Gasteiger partial charge in [0.15, 0.2) is 5.13 Å². The van der Waals surface area contributed by atoms with E-state index in [2.05, 4.69) is 31.5 Å². The van der Waals surface area contributed by atoms with Gasteiger partial charge in [-0.2, -0.15) is 5.26 Å². The molecule has 2 aromatic carbocycles. The van der Waals surface area contributed by atoms with Crippen molar-refractivity contribution in [2.24, 2.45) is 0 Å². The standard InChI is InChI=1S/C15H9BrN4OS/c16-10-4-5-12-13(7-10)22-15(19-12)20-14(21)18-11-3-1-2-9(6-11)8-17/h1-7H,(H2,18,19,20,21). The maximum absolute atomic E-state index is 12.0. The number of urea groups is 1. The van der Waals surface area contributed by atoms with Crippen molar-refractivity contribution in [2.45, 2.75) is 0 Å². The van der Waals surface area contributed by atoms with Crippen LogP contribution in [-0.4, -0.2) is 11.0 Å². The molecule has 0 aliphatic heterocycles. The number of carbonyl (C=O) groups excluding carboxylic acids is 1. The van der Waals surface area contributed by atoms with Crippen molar-refractivity contribution in [3.05, 3.63) is 52.5 Å². The van der Waals surface area contributed by atoms with Crippen molar-refractivity contribution >= 4 is 54.3 Å². The van der Waals surface area contributed by atoms with Gasteiger partial charge in [0.25, 0.3) is 0 Å². The number of nitrogens with zero attached hydrogens (tertiary/aromatic N) is 2. The highest BCUT2D eigenvalue weighted by molar-refractivity contribution is 9.10. The van der Waals surface area contributed by atoms with Crippen LogP contribution in [0.2, 0.25) is 0 Å². The molecule has 0 spiro atoms. The number of benzene rings is 2.